The molecule has 0 bridgehead atoms. The molecular weight excluding hydrogens is 442 g/mol. The molecule has 0 aliphatic carbocycles. The number of aromatic nitrogens is 1. The van der Waals surface area contributed by atoms with E-state index in [1.807, 2.05) is 42.6 Å². The number of carbonyl (C=O) groups is 1. The SMILES string of the molecule is Cc1nc(-c2ccc(NC(=O)c3ccc(S(=O)(=O)N(C)c4ccccc4)cc3)cc2)cs1. The minimum atomic E-state index is -3.73. The van der Waals surface area contributed by atoms with Crippen LogP contribution in [-0.4, -0.2) is 26.4 Å². The van der Waals surface area contributed by atoms with Crippen LogP contribution in [-0.2, 0) is 10.0 Å². The molecule has 0 unspecified atom stereocenters. The van der Waals surface area contributed by atoms with Crippen molar-refractivity contribution in [3.63, 3.8) is 0 Å². The van der Waals surface area contributed by atoms with Gasteiger partial charge < -0.3 is 5.32 Å². The smallest absolute Gasteiger partial charge is 0.264 e. The number of amides is 1. The number of para-hydroxylation sites is 1. The topological polar surface area (TPSA) is 79.4 Å². The van der Waals surface area contributed by atoms with Gasteiger partial charge in [-0.2, -0.15) is 0 Å². The van der Waals surface area contributed by atoms with E-state index in [0.717, 1.165) is 16.3 Å². The Morgan fingerprint density at radius 1 is 0.938 bits per heavy atom. The molecule has 8 heteroatoms. The van der Waals surface area contributed by atoms with Gasteiger partial charge in [-0.1, -0.05) is 30.3 Å². The van der Waals surface area contributed by atoms with Gasteiger partial charge in [-0.05, 0) is 55.5 Å². The highest BCUT2D eigenvalue weighted by molar-refractivity contribution is 7.92. The quantitative estimate of drug-likeness (QED) is 0.426. The van der Waals surface area contributed by atoms with Crippen molar-refractivity contribution in [3.05, 3.63) is 94.8 Å². The second kappa shape index (κ2) is 8.94. The Kier molecular flexibility index (Phi) is 6.07. The van der Waals surface area contributed by atoms with Gasteiger partial charge in [0.25, 0.3) is 15.9 Å². The first-order chi connectivity index (χ1) is 15.3. The second-order valence-corrected chi connectivity index (χ2v) is 10.1. The molecule has 4 aromatic rings. The fraction of sp³-hybridized carbons (Fsp3) is 0.0833. The summed E-state index contributed by atoms with van der Waals surface area (Å²) in [6.07, 6.45) is 0. The summed E-state index contributed by atoms with van der Waals surface area (Å²) in [5, 5.41) is 5.82. The third-order valence-electron chi connectivity index (χ3n) is 4.95. The Bertz CT molecular complexity index is 1330. The summed E-state index contributed by atoms with van der Waals surface area (Å²) in [6.45, 7) is 1.96. The minimum Gasteiger partial charge on any atom is -0.322 e. The molecule has 0 aliphatic rings. The number of nitrogens with one attached hydrogen (secondary N) is 1. The second-order valence-electron chi connectivity index (χ2n) is 7.12. The fourth-order valence-electron chi connectivity index (χ4n) is 3.14. The Hall–Kier alpha value is -3.49. The molecule has 0 saturated carbocycles. The van der Waals surface area contributed by atoms with Crippen LogP contribution in [0.1, 0.15) is 15.4 Å². The van der Waals surface area contributed by atoms with E-state index >= 15 is 0 Å². The van der Waals surface area contributed by atoms with Crippen LogP contribution >= 0.6 is 11.3 Å². The van der Waals surface area contributed by atoms with Gasteiger partial charge in [0.15, 0.2) is 0 Å². The van der Waals surface area contributed by atoms with E-state index in [4.69, 9.17) is 0 Å². The number of hydrogen-bond donors (Lipinski definition) is 1. The van der Waals surface area contributed by atoms with Crippen LogP contribution in [0.15, 0.2) is 89.1 Å². The van der Waals surface area contributed by atoms with Crippen molar-refractivity contribution < 1.29 is 13.2 Å². The van der Waals surface area contributed by atoms with Crippen molar-refractivity contribution >= 4 is 38.6 Å². The maximum absolute atomic E-state index is 12.9. The van der Waals surface area contributed by atoms with E-state index in [0.29, 0.717) is 16.9 Å². The van der Waals surface area contributed by atoms with E-state index in [-0.39, 0.29) is 10.8 Å². The molecule has 1 aromatic heterocycles. The number of hydrogen-bond acceptors (Lipinski definition) is 5. The molecule has 0 spiro atoms. The summed E-state index contributed by atoms with van der Waals surface area (Å²) in [5.74, 6) is -0.317. The van der Waals surface area contributed by atoms with Crippen LogP contribution in [0.3, 0.4) is 0 Å². The predicted molar refractivity (Wildman–Crippen MR) is 129 cm³/mol. The first kappa shape index (κ1) is 21.7. The minimum absolute atomic E-state index is 0.114. The van der Waals surface area contributed by atoms with Crippen LogP contribution in [0.5, 0.6) is 0 Å². The van der Waals surface area contributed by atoms with Crippen LogP contribution in [0, 0.1) is 6.92 Å². The molecule has 0 aliphatic heterocycles. The molecule has 0 saturated heterocycles. The van der Waals surface area contributed by atoms with Crippen molar-refractivity contribution in [1.29, 1.82) is 0 Å². The summed E-state index contributed by atoms with van der Waals surface area (Å²) in [6, 6.07) is 22.2. The maximum Gasteiger partial charge on any atom is 0.264 e. The standard InChI is InChI=1S/C24H21N3O3S2/c1-17-25-23(16-31-17)18-8-12-20(13-9-18)26-24(28)19-10-14-22(15-11-19)32(29,30)27(2)21-6-4-3-5-7-21/h3-16H,1-2H3,(H,26,28). The number of rotatable bonds is 6. The van der Waals surface area contributed by atoms with Gasteiger partial charge in [0, 0.05) is 29.2 Å². The number of benzene rings is 3. The summed E-state index contributed by atoms with van der Waals surface area (Å²) >= 11 is 1.59. The van der Waals surface area contributed by atoms with Crippen molar-refractivity contribution in [1.82, 2.24) is 4.98 Å². The molecule has 162 valence electrons. The van der Waals surface area contributed by atoms with Crippen LogP contribution in [0.2, 0.25) is 0 Å². The summed E-state index contributed by atoms with van der Waals surface area (Å²) in [7, 11) is -2.22. The lowest BCUT2D eigenvalue weighted by Crippen LogP contribution is -2.26. The van der Waals surface area contributed by atoms with Crippen molar-refractivity contribution in [3.8, 4) is 11.3 Å². The summed E-state index contributed by atoms with van der Waals surface area (Å²) < 4.78 is 27.0. The lowest BCUT2D eigenvalue weighted by Gasteiger charge is -2.19. The summed E-state index contributed by atoms with van der Waals surface area (Å²) in [4.78, 5) is 17.2. The Morgan fingerprint density at radius 3 is 2.19 bits per heavy atom. The molecular formula is C24H21N3O3S2. The van der Waals surface area contributed by atoms with E-state index in [9.17, 15) is 13.2 Å². The highest BCUT2D eigenvalue weighted by atomic mass is 32.2. The maximum atomic E-state index is 12.9. The third-order valence-corrected chi connectivity index (χ3v) is 7.53. The van der Waals surface area contributed by atoms with Crippen molar-refractivity contribution in [2.45, 2.75) is 11.8 Å². The zero-order chi connectivity index (χ0) is 22.7. The average molecular weight is 464 g/mol. The third kappa shape index (κ3) is 4.56. The van der Waals surface area contributed by atoms with Gasteiger partial charge in [0.2, 0.25) is 0 Å². The first-order valence-electron chi connectivity index (χ1n) is 9.82. The Morgan fingerprint density at radius 2 is 1.59 bits per heavy atom. The number of nitrogens with zero attached hydrogens (tertiary/aromatic N) is 2. The van der Waals surface area contributed by atoms with E-state index in [2.05, 4.69) is 10.3 Å². The van der Waals surface area contributed by atoms with Gasteiger partial charge in [-0.15, -0.1) is 11.3 Å². The van der Waals surface area contributed by atoms with E-state index in [1.165, 1.54) is 35.6 Å². The lowest BCUT2D eigenvalue weighted by atomic mass is 10.1. The number of carbonyl (C=O) groups excluding carboxylic acids is 1. The van der Waals surface area contributed by atoms with Crippen LogP contribution < -0.4 is 9.62 Å². The highest BCUT2D eigenvalue weighted by Gasteiger charge is 2.21. The van der Waals surface area contributed by atoms with Crippen LogP contribution in [0.25, 0.3) is 11.3 Å². The monoisotopic (exact) mass is 463 g/mol. The predicted octanol–water partition coefficient (Wildman–Crippen LogP) is 5.20. The fourth-order valence-corrected chi connectivity index (χ4v) is 4.95. The van der Waals surface area contributed by atoms with Crippen LogP contribution in [0.4, 0.5) is 11.4 Å². The van der Waals surface area contributed by atoms with E-state index < -0.39 is 10.0 Å². The highest BCUT2D eigenvalue weighted by Crippen LogP contribution is 2.24. The number of aryl methyl sites for hydroxylation is 1. The summed E-state index contributed by atoms with van der Waals surface area (Å²) in [5.41, 5.74) is 3.45. The molecule has 1 N–H and O–H groups in total. The molecule has 1 amide bonds. The Labute approximate surface area is 191 Å². The van der Waals surface area contributed by atoms with Gasteiger partial charge in [0.1, 0.15) is 0 Å². The Balaban J connectivity index is 1.46. The van der Waals surface area contributed by atoms with Gasteiger partial charge >= 0.3 is 0 Å². The van der Waals surface area contributed by atoms with Gasteiger partial charge in [0.05, 0.1) is 21.3 Å². The molecule has 0 radical (unpaired) electrons. The van der Waals surface area contributed by atoms with Gasteiger partial charge in [-0.3, -0.25) is 9.10 Å². The lowest BCUT2D eigenvalue weighted by molar-refractivity contribution is 0.102. The number of thiazole rings is 1. The van der Waals surface area contributed by atoms with E-state index in [1.54, 1.807) is 35.6 Å². The largest absolute Gasteiger partial charge is 0.322 e. The molecule has 32 heavy (non-hydrogen) atoms. The molecule has 3 aromatic carbocycles. The zero-order valence-electron chi connectivity index (χ0n) is 17.5. The zero-order valence-corrected chi connectivity index (χ0v) is 19.2. The molecule has 6 nitrogen and oxygen atoms in total. The molecule has 0 atom stereocenters. The first-order valence-corrected chi connectivity index (χ1v) is 12.1. The molecule has 1 heterocycles. The van der Waals surface area contributed by atoms with Crippen molar-refractivity contribution in [2.75, 3.05) is 16.7 Å². The number of anilines is 2. The molecule has 4 rings (SSSR count). The van der Waals surface area contributed by atoms with Crippen molar-refractivity contribution in [2.24, 2.45) is 0 Å². The average Bonchev–Trinajstić information content (AvgIpc) is 3.26. The van der Waals surface area contributed by atoms with Gasteiger partial charge in [-0.25, -0.2) is 13.4 Å². The number of sulfonamides is 1. The molecule has 0 fully saturated rings. The normalized spacial score (nSPS) is 11.2.